The van der Waals surface area contributed by atoms with E-state index < -0.39 is 0 Å². The molecule has 1 heterocycles. The highest BCUT2D eigenvalue weighted by Gasteiger charge is 2.06. The molecule has 0 spiro atoms. The molecule has 0 amide bonds. The molecule has 0 atom stereocenters. The van der Waals surface area contributed by atoms with Crippen molar-refractivity contribution in [1.29, 1.82) is 5.26 Å². The molecule has 2 rings (SSSR count). The third-order valence-electron chi connectivity index (χ3n) is 2.15. The van der Waals surface area contributed by atoms with E-state index in [1.807, 2.05) is 49.5 Å². The van der Waals surface area contributed by atoms with Crippen LogP contribution in [-0.2, 0) is 0 Å². The van der Waals surface area contributed by atoms with Gasteiger partial charge in [0.1, 0.15) is 6.07 Å². The molecule has 16 heavy (non-hydrogen) atoms. The molecule has 80 valence electrons. The molecule has 0 saturated carbocycles. The first kappa shape index (κ1) is 10.2. The van der Waals surface area contributed by atoms with Crippen molar-refractivity contribution in [2.24, 2.45) is 0 Å². The fraction of sp³-hybridized carbons (Fsp3) is 0.167. The summed E-state index contributed by atoms with van der Waals surface area (Å²) in [7, 11) is 0. The van der Waals surface area contributed by atoms with Gasteiger partial charge in [0.25, 0.3) is 0 Å². The van der Waals surface area contributed by atoms with Gasteiger partial charge in [-0.2, -0.15) is 5.26 Å². The number of nitrogens with zero attached hydrogens (tertiary/aromatic N) is 3. The number of ether oxygens (including phenoxy) is 1. The van der Waals surface area contributed by atoms with Gasteiger partial charge in [0.2, 0.25) is 5.88 Å². The summed E-state index contributed by atoms with van der Waals surface area (Å²) in [5.41, 5.74) is 1.89. The van der Waals surface area contributed by atoms with Crippen LogP contribution in [0.15, 0.2) is 36.5 Å². The van der Waals surface area contributed by atoms with Crippen LogP contribution in [0.4, 0.5) is 0 Å². The number of benzene rings is 1. The molecule has 2 aromatic rings. The zero-order valence-corrected chi connectivity index (χ0v) is 8.92. The second-order valence-corrected chi connectivity index (χ2v) is 3.34. The highest BCUT2D eigenvalue weighted by molar-refractivity contribution is 5.34. The fourth-order valence-corrected chi connectivity index (χ4v) is 1.40. The second-order valence-electron chi connectivity index (χ2n) is 3.34. The molecule has 0 aliphatic rings. The monoisotopic (exact) mass is 213 g/mol. The maximum absolute atomic E-state index is 8.43. The van der Waals surface area contributed by atoms with E-state index in [4.69, 9.17) is 10.00 Å². The average Bonchev–Trinajstić information content (AvgIpc) is 2.69. The smallest absolute Gasteiger partial charge is 0.237 e. The van der Waals surface area contributed by atoms with Gasteiger partial charge in [0, 0.05) is 11.8 Å². The lowest BCUT2D eigenvalue weighted by molar-refractivity contribution is 0.348. The van der Waals surface area contributed by atoms with E-state index in [-0.39, 0.29) is 6.61 Å². The Kier molecular flexibility index (Phi) is 2.88. The van der Waals surface area contributed by atoms with Crippen molar-refractivity contribution in [2.75, 3.05) is 6.61 Å². The van der Waals surface area contributed by atoms with Gasteiger partial charge in [-0.25, -0.2) is 4.68 Å². The topological polar surface area (TPSA) is 50.8 Å². The maximum Gasteiger partial charge on any atom is 0.237 e. The number of hydrogen-bond acceptors (Lipinski definition) is 3. The van der Waals surface area contributed by atoms with Gasteiger partial charge in [-0.3, -0.25) is 0 Å². The Morgan fingerprint density at radius 3 is 2.81 bits per heavy atom. The molecule has 0 saturated heterocycles. The summed E-state index contributed by atoms with van der Waals surface area (Å²) < 4.78 is 6.93. The Bertz CT molecular complexity index is 511. The van der Waals surface area contributed by atoms with Crippen LogP contribution >= 0.6 is 0 Å². The summed E-state index contributed by atoms with van der Waals surface area (Å²) >= 11 is 0. The third-order valence-corrected chi connectivity index (χ3v) is 2.15. The van der Waals surface area contributed by atoms with Gasteiger partial charge in [-0.15, -0.1) is 5.10 Å². The first-order chi connectivity index (χ1) is 7.81. The maximum atomic E-state index is 8.43. The zero-order chi connectivity index (χ0) is 11.4. The van der Waals surface area contributed by atoms with Crippen molar-refractivity contribution in [3.05, 3.63) is 42.1 Å². The van der Waals surface area contributed by atoms with Gasteiger partial charge in [0.05, 0.1) is 5.69 Å². The molecular weight excluding hydrogens is 202 g/mol. The number of aryl methyl sites for hydroxylation is 1. The summed E-state index contributed by atoms with van der Waals surface area (Å²) in [6.45, 7) is 1.92. The molecule has 0 unspecified atom stereocenters. The van der Waals surface area contributed by atoms with Crippen molar-refractivity contribution in [1.82, 2.24) is 9.78 Å². The van der Waals surface area contributed by atoms with Crippen molar-refractivity contribution >= 4 is 0 Å². The van der Waals surface area contributed by atoms with Crippen molar-refractivity contribution in [2.45, 2.75) is 6.92 Å². The van der Waals surface area contributed by atoms with E-state index in [1.54, 1.807) is 4.68 Å². The summed E-state index contributed by atoms with van der Waals surface area (Å²) in [5.74, 6) is 0.505. The van der Waals surface area contributed by atoms with Crippen LogP contribution in [-0.4, -0.2) is 16.4 Å². The van der Waals surface area contributed by atoms with E-state index >= 15 is 0 Å². The normalized spacial score (nSPS) is 9.75. The van der Waals surface area contributed by atoms with Crippen LogP contribution in [0.3, 0.4) is 0 Å². The molecule has 0 N–H and O–H groups in total. The van der Waals surface area contributed by atoms with Crippen molar-refractivity contribution in [3.8, 4) is 17.6 Å². The molecule has 1 aromatic carbocycles. The number of hydrogen-bond donors (Lipinski definition) is 0. The SMILES string of the molecule is Cc1cn(-c2ccccc2)nc1OCC#N. The van der Waals surface area contributed by atoms with Crippen LogP contribution in [0.25, 0.3) is 5.69 Å². The first-order valence-electron chi connectivity index (χ1n) is 4.92. The quantitative estimate of drug-likeness (QED) is 0.784. The van der Waals surface area contributed by atoms with Crippen LogP contribution in [0, 0.1) is 18.3 Å². The minimum absolute atomic E-state index is 0.0205. The summed E-state index contributed by atoms with van der Waals surface area (Å²) in [6.07, 6.45) is 1.88. The summed E-state index contributed by atoms with van der Waals surface area (Å²) in [5, 5.41) is 12.7. The molecule has 1 aromatic heterocycles. The molecule has 4 nitrogen and oxygen atoms in total. The third kappa shape index (κ3) is 2.04. The van der Waals surface area contributed by atoms with E-state index in [0.717, 1.165) is 11.3 Å². The lowest BCUT2D eigenvalue weighted by atomic mass is 10.3. The molecule has 0 aliphatic carbocycles. The highest BCUT2D eigenvalue weighted by Crippen LogP contribution is 2.17. The Morgan fingerprint density at radius 1 is 1.38 bits per heavy atom. The minimum atomic E-state index is 0.0205. The highest BCUT2D eigenvalue weighted by atomic mass is 16.5. The Balaban J connectivity index is 2.28. The minimum Gasteiger partial charge on any atom is -0.461 e. The molecule has 0 radical (unpaired) electrons. The number of aromatic nitrogens is 2. The van der Waals surface area contributed by atoms with Gasteiger partial charge < -0.3 is 4.74 Å². The van der Waals surface area contributed by atoms with Crippen LogP contribution in [0.5, 0.6) is 5.88 Å². The average molecular weight is 213 g/mol. The Hall–Kier alpha value is -2.28. The molecular formula is C12H11N3O. The van der Waals surface area contributed by atoms with Crippen LogP contribution in [0.2, 0.25) is 0 Å². The predicted octanol–water partition coefficient (Wildman–Crippen LogP) is 2.08. The second kappa shape index (κ2) is 4.49. The van der Waals surface area contributed by atoms with Crippen LogP contribution < -0.4 is 4.74 Å². The Morgan fingerprint density at radius 2 is 2.12 bits per heavy atom. The first-order valence-corrected chi connectivity index (χ1v) is 4.92. The standard InChI is InChI=1S/C12H11N3O/c1-10-9-15(11-5-3-2-4-6-11)14-12(10)16-8-7-13/h2-6,9H,8H2,1H3. The molecule has 0 aliphatic heterocycles. The lowest BCUT2D eigenvalue weighted by Crippen LogP contribution is -1.97. The largest absolute Gasteiger partial charge is 0.461 e. The Labute approximate surface area is 93.7 Å². The van der Waals surface area contributed by atoms with Crippen LogP contribution in [0.1, 0.15) is 5.56 Å². The van der Waals surface area contributed by atoms with Gasteiger partial charge in [-0.1, -0.05) is 18.2 Å². The molecule has 0 fully saturated rings. The van der Waals surface area contributed by atoms with Gasteiger partial charge in [0.15, 0.2) is 6.61 Å². The fourth-order valence-electron chi connectivity index (χ4n) is 1.40. The molecule has 4 heteroatoms. The number of nitriles is 1. The van der Waals surface area contributed by atoms with E-state index in [2.05, 4.69) is 5.10 Å². The lowest BCUT2D eigenvalue weighted by Gasteiger charge is -1.99. The van der Waals surface area contributed by atoms with E-state index in [0.29, 0.717) is 5.88 Å². The summed E-state index contributed by atoms with van der Waals surface area (Å²) in [6, 6.07) is 11.7. The van der Waals surface area contributed by atoms with Crippen molar-refractivity contribution in [3.63, 3.8) is 0 Å². The summed E-state index contributed by atoms with van der Waals surface area (Å²) in [4.78, 5) is 0. The number of rotatable bonds is 3. The number of para-hydroxylation sites is 1. The predicted molar refractivity (Wildman–Crippen MR) is 59.4 cm³/mol. The zero-order valence-electron chi connectivity index (χ0n) is 8.92. The van der Waals surface area contributed by atoms with E-state index in [1.165, 1.54) is 0 Å². The van der Waals surface area contributed by atoms with Crippen molar-refractivity contribution < 1.29 is 4.74 Å². The molecule has 0 bridgehead atoms. The van der Waals surface area contributed by atoms with Gasteiger partial charge in [-0.05, 0) is 19.1 Å². The van der Waals surface area contributed by atoms with Gasteiger partial charge >= 0.3 is 0 Å². The van der Waals surface area contributed by atoms with E-state index in [9.17, 15) is 0 Å².